The molecular formula is C17H22N4O2. The molecule has 1 unspecified atom stereocenters. The zero-order chi connectivity index (χ0) is 17.0. The molecule has 1 aromatic heterocycles. The maximum Gasteiger partial charge on any atom is 0.295 e. The fraction of sp³-hybridized carbons (Fsp3) is 0.294. The molecule has 0 aliphatic rings. The molecule has 0 aliphatic heterocycles. The first-order valence-corrected chi connectivity index (χ1v) is 7.46. The van der Waals surface area contributed by atoms with E-state index in [0.29, 0.717) is 12.2 Å². The lowest BCUT2D eigenvalue weighted by Crippen LogP contribution is -2.38. The summed E-state index contributed by atoms with van der Waals surface area (Å²) < 4.78 is 3.35. The van der Waals surface area contributed by atoms with Crippen molar-refractivity contribution in [1.82, 2.24) is 14.7 Å². The molecule has 0 spiro atoms. The Balaban J connectivity index is 2.33. The molecule has 1 aromatic carbocycles. The fourth-order valence-electron chi connectivity index (χ4n) is 2.34. The van der Waals surface area contributed by atoms with E-state index in [9.17, 15) is 9.59 Å². The minimum absolute atomic E-state index is 0.181. The Bertz CT molecular complexity index is 759. The predicted octanol–water partition coefficient (Wildman–Crippen LogP) is 1.59. The molecule has 23 heavy (non-hydrogen) atoms. The lowest BCUT2D eigenvalue weighted by atomic mass is 10.2. The molecule has 2 N–H and O–H groups in total. The van der Waals surface area contributed by atoms with E-state index in [0.717, 1.165) is 11.4 Å². The number of amides is 1. The minimum atomic E-state index is -0.520. The van der Waals surface area contributed by atoms with Gasteiger partial charge < -0.3 is 10.6 Å². The molecule has 0 saturated carbocycles. The third-order valence-electron chi connectivity index (χ3n) is 3.73. The van der Waals surface area contributed by atoms with Gasteiger partial charge in [-0.15, -0.1) is 6.58 Å². The van der Waals surface area contributed by atoms with Gasteiger partial charge in [0, 0.05) is 13.6 Å². The Hall–Kier alpha value is -2.76. The topological polar surface area (TPSA) is 68.1 Å². The van der Waals surface area contributed by atoms with Crippen LogP contribution in [-0.4, -0.2) is 27.9 Å². The maximum absolute atomic E-state index is 12.7. The van der Waals surface area contributed by atoms with E-state index >= 15 is 0 Å². The van der Waals surface area contributed by atoms with Crippen LogP contribution in [0.2, 0.25) is 0 Å². The van der Waals surface area contributed by atoms with Crippen molar-refractivity contribution in [3.05, 3.63) is 59.0 Å². The standard InChI is InChI=1S/C17H22N4O2/c1-5-11-18-16(22)12(2)19-15-13(3)20(4)21(17(15)23)14-9-7-6-8-10-14/h5-10,12,19H,1,11H2,2-4H3,(H,18,22). The van der Waals surface area contributed by atoms with Crippen LogP contribution < -0.4 is 16.2 Å². The van der Waals surface area contributed by atoms with Gasteiger partial charge >= 0.3 is 0 Å². The van der Waals surface area contributed by atoms with Gasteiger partial charge in [0.05, 0.1) is 11.4 Å². The van der Waals surface area contributed by atoms with E-state index in [2.05, 4.69) is 17.2 Å². The highest BCUT2D eigenvalue weighted by Gasteiger charge is 2.20. The normalized spacial score (nSPS) is 11.8. The molecule has 0 aliphatic carbocycles. The summed E-state index contributed by atoms with van der Waals surface area (Å²) in [6.45, 7) is 7.52. The number of nitrogens with zero attached hydrogens (tertiary/aromatic N) is 2. The summed E-state index contributed by atoms with van der Waals surface area (Å²) >= 11 is 0. The van der Waals surface area contributed by atoms with E-state index in [4.69, 9.17) is 0 Å². The summed E-state index contributed by atoms with van der Waals surface area (Å²) in [5.41, 5.74) is 1.79. The van der Waals surface area contributed by atoms with Crippen LogP contribution in [0, 0.1) is 6.92 Å². The monoisotopic (exact) mass is 314 g/mol. The van der Waals surface area contributed by atoms with Crippen molar-refractivity contribution in [1.29, 1.82) is 0 Å². The summed E-state index contributed by atoms with van der Waals surface area (Å²) in [7, 11) is 1.82. The average Bonchev–Trinajstić information content (AvgIpc) is 2.77. The third kappa shape index (κ3) is 3.36. The SMILES string of the molecule is C=CCNC(=O)C(C)Nc1c(C)n(C)n(-c2ccccc2)c1=O. The molecule has 122 valence electrons. The van der Waals surface area contributed by atoms with Crippen LogP contribution in [0.15, 0.2) is 47.8 Å². The number of benzene rings is 1. The summed E-state index contributed by atoms with van der Waals surface area (Å²) in [6.07, 6.45) is 1.61. The maximum atomic E-state index is 12.7. The molecule has 0 saturated heterocycles. The van der Waals surface area contributed by atoms with Crippen LogP contribution in [0.1, 0.15) is 12.6 Å². The highest BCUT2D eigenvalue weighted by molar-refractivity contribution is 5.84. The first-order valence-electron chi connectivity index (χ1n) is 7.46. The number of aromatic nitrogens is 2. The summed E-state index contributed by atoms with van der Waals surface area (Å²) in [6, 6.07) is 8.86. The summed E-state index contributed by atoms with van der Waals surface area (Å²) in [5.74, 6) is -0.182. The number of anilines is 1. The van der Waals surface area contributed by atoms with Gasteiger partial charge in [-0.2, -0.15) is 0 Å². The molecule has 1 amide bonds. The van der Waals surface area contributed by atoms with Crippen molar-refractivity contribution in [2.45, 2.75) is 19.9 Å². The molecule has 6 nitrogen and oxygen atoms in total. The summed E-state index contributed by atoms with van der Waals surface area (Å²) in [5, 5.41) is 5.73. The second kappa shape index (κ2) is 7.00. The molecular weight excluding hydrogens is 292 g/mol. The molecule has 2 rings (SSSR count). The van der Waals surface area contributed by atoms with Gasteiger partial charge in [0.15, 0.2) is 0 Å². The van der Waals surface area contributed by atoms with Crippen LogP contribution in [0.25, 0.3) is 5.69 Å². The quantitative estimate of drug-likeness (QED) is 0.796. The third-order valence-corrected chi connectivity index (χ3v) is 3.73. The van der Waals surface area contributed by atoms with Crippen molar-refractivity contribution in [2.75, 3.05) is 11.9 Å². The molecule has 2 aromatic rings. The molecule has 0 radical (unpaired) electrons. The van der Waals surface area contributed by atoms with E-state index in [1.165, 1.54) is 0 Å². The van der Waals surface area contributed by atoms with Crippen LogP contribution in [0.3, 0.4) is 0 Å². The number of hydrogen-bond donors (Lipinski definition) is 2. The van der Waals surface area contributed by atoms with Crippen molar-refractivity contribution >= 4 is 11.6 Å². The van der Waals surface area contributed by atoms with E-state index in [-0.39, 0.29) is 11.5 Å². The number of hydrogen-bond acceptors (Lipinski definition) is 3. The van der Waals surface area contributed by atoms with Gasteiger partial charge in [0.2, 0.25) is 5.91 Å². The fourth-order valence-corrected chi connectivity index (χ4v) is 2.34. The Labute approximate surface area is 135 Å². The molecule has 1 heterocycles. The first kappa shape index (κ1) is 16.6. The van der Waals surface area contributed by atoms with E-state index < -0.39 is 6.04 Å². The van der Waals surface area contributed by atoms with Crippen LogP contribution in [-0.2, 0) is 11.8 Å². The Morgan fingerprint density at radius 1 is 1.35 bits per heavy atom. The lowest BCUT2D eigenvalue weighted by Gasteiger charge is -2.13. The van der Waals surface area contributed by atoms with Gasteiger partial charge in [-0.25, -0.2) is 4.68 Å². The van der Waals surface area contributed by atoms with Gasteiger partial charge in [0.1, 0.15) is 11.7 Å². The van der Waals surface area contributed by atoms with Gasteiger partial charge in [-0.1, -0.05) is 24.3 Å². The zero-order valence-corrected chi connectivity index (χ0v) is 13.7. The minimum Gasteiger partial charge on any atom is -0.368 e. The summed E-state index contributed by atoms with van der Waals surface area (Å²) in [4.78, 5) is 24.7. The number of para-hydroxylation sites is 1. The van der Waals surface area contributed by atoms with E-state index in [1.54, 1.807) is 22.4 Å². The highest BCUT2D eigenvalue weighted by atomic mass is 16.2. The largest absolute Gasteiger partial charge is 0.368 e. The molecule has 0 fully saturated rings. The Morgan fingerprint density at radius 2 is 2.00 bits per heavy atom. The number of carbonyl (C=O) groups excluding carboxylic acids is 1. The van der Waals surface area contributed by atoms with Crippen LogP contribution in [0.4, 0.5) is 5.69 Å². The smallest absolute Gasteiger partial charge is 0.295 e. The zero-order valence-electron chi connectivity index (χ0n) is 13.7. The van der Waals surface area contributed by atoms with Crippen LogP contribution in [0.5, 0.6) is 0 Å². The van der Waals surface area contributed by atoms with Gasteiger partial charge in [0.25, 0.3) is 5.56 Å². The number of rotatable bonds is 6. The van der Waals surface area contributed by atoms with Crippen molar-refractivity contribution < 1.29 is 4.79 Å². The average molecular weight is 314 g/mol. The predicted molar refractivity (Wildman–Crippen MR) is 92.0 cm³/mol. The Kier molecular flexibility index (Phi) is 5.05. The number of nitrogens with one attached hydrogen (secondary N) is 2. The molecule has 1 atom stereocenters. The molecule has 6 heteroatoms. The van der Waals surface area contributed by atoms with Crippen molar-refractivity contribution in [2.24, 2.45) is 7.05 Å². The molecule has 0 bridgehead atoms. The number of carbonyl (C=O) groups is 1. The van der Waals surface area contributed by atoms with Crippen LogP contribution >= 0.6 is 0 Å². The van der Waals surface area contributed by atoms with Gasteiger partial charge in [-0.05, 0) is 26.0 Å². The second-order valence-electron chi connectivity index (χ2n) is 5.34. The first-order chi connectivity index (χ1) is 11.0. The Morgan fingerprint density at radius 3 is 2.61 bits per heavy atom. The van der Waals surface area contributed by atoms with Crippen molar-refractivity contribution in [3.63, 3.8) is 0 Å². The highest BCUT2D eigenvalue weighted by Crippen LogP contribution is 2.14. The second-order valence-corrected chi connectivity index (χ2v) is 5.34. The van der Waals surface area contributed by atoms with E-state index in [1.807, 2.05) is 44.3 Å². The lowest BCUT2D eigenvalue weighted by molar-refractivity contribution is -0.121. The van der Waals surface area contributed by atoms with Crippen molar-refractivity contribution in [3.8, 4) is 5.69 Å². The van der Waals surface area contributed by atoms with Gasteiger partial charge in [-0.3, -0.25) is 14.3 Å².